The van der Waals surface area contributed by atoms with Crippen molar-refractivity contribution in [1.29, 1.82) is 0 Å². The molecule has 0 spiro atoms. The van der Waals surface area contributed by atoms with Gasteiger partial charge in [-0.3, -0.25) is 19.7 Å². The average Bonchev–Trinajstić information content (AvgIpc) is 3.15. The number of imidazole rings is 1. The van der Waals surface area contributed by atoms with Gasteiger partial charge in [-0.25, -0.2) is 4.98 Å². The molecule has 0 aromatic carbocycles. The summed E-state index contributed by atoms with van der Waals surface area (Å²) in [6, 6.07) is 9.81. The molecule has 7 nitrogen and oxygen atoms in total. The highest BCUT2D eigenvalue weighted by atomic mass is 16.1. The van der Waals surface area contributed by atoms with Crippen molar-refractivity contribution in [2.24, 2.45) is 0 Å². The number of nitrogens with one attached hydrogen (secondary N) is 1. The van der Waals surface area contributed by atoms with Crippen LogP contribution in [-0.4, -0.2) is 36.9 Å². The van der Waals surface area contributed by atoms with Gasteiger partial charge in [0.15, 0.2) is 0 Å². The Morgan fingerprint density at radius 1 is 1.22 bits per heavy atom. The first-order chi connectivity index (χ1) is 13.2. The summed E-state index contributed by atoms with van der Waals surface area (Å²) in [6.45, 7) is 5.08. The van der Waals surface area contributed by atoms with Crippen LogP contribution < -0.4 is 5.32 Å². The van der Waals surface area contributed by atoms with Gasteiger partial charge >= 0.3 is 0 Å². The molecule has 0 bridgehead atoms. The Morgan fingerprint density at radius 2 is 2.15 bits per heavy atom. The maximum atomic E-state index is 12.5. The normalized spacial score (nSPS) is 16.7. The molecular formula is C20H22N6O. The lowest BCUT2D eigenvalue weighted by atomic mass is 10.1. The van der Waals surface area contributed by atoms with E-state index in [1.165, 1.54) is 5.56 Å². The zero-order chi connectivity index (χ0) is 18.6. The number of hydrogen-bond donors (Lipinski definition) is 1. The lowest BCUT2D eigenvalue weighted by Crippen LogP contribution is -2.36. The quantitative estimate of drug-likeness (QED) is 0.753. The fourth-order valence-electron chi connectivity index (χ4n) is 3.35. The molecule has 1 aliphatic rings. The van der Waals surface area contributed by atoms with Gasteiger partial charge in [-0.2, -0.15) is 0 Å². The summed E-state index contributed by atoms with van der Waals surface area (Å²) in [5.74, 6) is 0.752. The molecule has 1 N–H and O–H groups in total. The zero-order valence-corrected chi connectivity index (χ0v) is 15.2. The molecule has 1 amide bonds. The van der Waals surface area contributed by atoms with Gasteiger partial charge in [0.1, 0.15) is 11.5 Å². The van der Waals surface area contributed by atoms with Crippen LogP contribution in [0.1, 0.15) is 40.5 Å². The highest BCUT2D eigenvalue weighted by Gasteiger charge is 2.27. The number of carbonyl (C=O) groups excluding carboxylic acids is 1. The lowest BCUT2D eigenvalue weighted by Gasteiger charge is -2.33. The molecule has 1 aliphatic heterocycles. The molecule has 4 rings (SSSR count). The lowest BCUT2D eigenvalue weighted by molar-refractivity contribution is 0.0945. The van der Waals surface area contributed by atoms with E-state index in [9.17, 15) is 4.79 Å². The Labute approximate surface area is 158 Å². The zero-order valence-electron chi connectivity index (χ0n) is 15.2. The first-order valence-electron chi connectivity index (χ1n) is 9.09. The molecule has 1 unspecified atom stereocenters. The molecule has 0 saturated carbocycles. The second-order valence-electron chi connectivity index (χ2n) is 6.69. The smallest absolute Gasteiger partial charge is 0.271 e. The van der Waals surface area contributed by atoms with Gasteiger partial charge in [-0.1, -0.05) is 12.1 Å². The van der Waals surface area contributed by atoms with Crippen LogP contribution in [0.4, 0.5) is 0 Å². The topological polar surface area (TPSA) is 75.9 Å². The van der Waals surface area contributed by atoms with E-state index in [1.807, 2.05) is 36.7 Å². The number of hydrogen-bond acceptors (Lipinski definition) is 5. The largest absolute Gasteiger partial charge is 0.345 e. The van der Waals surface area contributed by atoms with Gasteiger partial charge in [0.05, 0.1) is 18.3 Å². The molecule has 0 fully saturated rings. The van der Waals surface area contributed by atoms with Gasteiger partial charge in [0.25, 0.3) is 5.91 Å². The van der Waals surface area contributed by atoms with Crippen LogP contribution >= 0.6 is 0 Å². The van der Waals surface area contributed by atoms with E-state index < -0.39 is 0 Å². The summed E-state index contributed by atoms with van der Waals surface area (Å²) in [7, 11) is 0. The van der Waals surface area contributed by atoms with E-state index in [0.29, 0.717) is 12.2 Å². The average molecular weight is 362 g/mol. The molecule has 0 radical (unpaired) electrons. The van der Waals surface area contributed by atoms with E-state index in [-0.39, 0.29) is 11.9 Å². The number of nitrogens with zero attached hydrogens (tertiary/aromatic N) is 5. The predicted octanol–water partition coefficient (Wildman–Crippen LogP) is 2.18. The standard InChI is InChI=1S/C20H22N6O/c1-15-19-24-18(20(27)23-12-17-6-2-3-8-22-17)14-26(19)10-9-25(15)13-16-5-4-7-21-11-16/h2-8,11,14-15H,9-10,12-13H2,1H3,(H,23,27). The summed E-state index contributed by atoms with van der Waals surface area (Å²) >= 11 is 0. The van der Waals surface area contributed by atoms with Crippen LogP contribution in [0.5, 0.6) is 0 Å². The molecule has 1 atom stereocenters. The molecule has 27 heavy (non-hydrogen) atoms. The van der Waals surface area contributed by atoms with Crippen molar-refractivity contribution in [1.82, 2.24) is 29.7 Å². The fraction of sp³-hybridized carbons (Fsp3) is 0.300. The van der Waals surface area contributed by atoms with Crippen LogP contribution in [0.2, 0.25) is 0 Å². The second-order valence-corrected chi connectivity index (χ2v) is 6.69. The molecule has 4 heterocycles. The maximum Gasteiger partial charge on any atom is 0.271 e. The molecule has 3 aromatic heterocycles. The van der Waals surface area contributed by atoms with Crippen molar-refractivity contribution in [3.63, 3.8) is 0 Å². The summed E-state index contributed by atoms with van der Waals surface area (Å²) in [5.41, 5.74) is 2.46. The van der Waals surface area contributed by atoms with Gasteiger partial charge in [-0.15, -0.1) is 0 Å². The van der Waals surface area contributed by atoms with Gasteiger partial charge in [-0.05, 0) is 30.7 Å². The number of rotatable bonds is 5. The van der Waals surface area contributed by atoms with Crippen molar-refractivity contribution >= 4 is 5.91 Å². The number of amides is 1. The van der Waals surface area contributed by atoms with E-state index in [4.69, 9.17) is 0 Å². The van der Waals surface area contributed by atoms with Crippen LogP contribution in [0.15, 0.2) is 55.1 Å². The monoisotopic (exact) mass is 362 g/mol. The van der Waals surface area contributed by atoms with Gasteiger partial charge in [0.2, 0.25) is 0 Å². The third-order valence-corrected chi connectivity index (χ3v) is 4.85. The van der Waals surface area contributed by atoms with Crippen molar-refractivity contribution in [2.75, 3.05) is 6.54 Å². The van der Waals surface area contributed by atoms with Gasteiger partial charge in [0, 0.05) is 44.4 Å². The summed E-state index contributed by atoms with van der Waals surface area (Å²) in [4.78, 5) is 27.8. The van der Waals surface area contributed by atoms with Crippen LogP contribution in [0.3, 0.4) is 0 Å². The Morgan fingerprint density at radius 3 is 2.93 bits per heavy atom. The van der Waals surface area contributed by atoms with Crippen molar-refractivity contribution in [3.8, 4) is 0 Å². The number of aromatic nitrogens is 4. The Kier molecular flexibility index (Phi) is 4.93. The SMILES string of the molecule is CC1c2nc(C(=O)NCc3ccccn3)cn2CCN1Cc1cccnc1. The summed E-state index contributed by atoms with van der Waals surface area (Å²) < 4.78 is 2.08. The van der Waals surface area contributed by atoms with Crippen LogP contribution in [0, 0.1) is 0 Å². The third kappa shape index (κ3) is 3.88. The molecule has 7 heteroatoms. The minimum absolute atomic E-state index is 0.135. The molecule has 0 aliphatic carbocycles. The highest BCUT2D eigenvalue weighted by Crippen LogP contribution is 2.26. The number of pyridine rings is 2. The van der Waals surface area contributed by atoms with Crippen LogP contribution in [0.25, 0.3) is 0 Å². The summed E-state index contributed by atoms with van der Waals surface area (Å²) in [5, 5.41) is 2.89. The number of fused-ring (bicyclic) bond motifs is 1. The van der Waals surface area contributed by atoms with E-state index in [2.05, 4.69) is 42.7 Å². The molecular weight excluding hydrogens is 340 g/mol. The van der Waals surface area contributed by atoms with Crippen molar-refractivity contribution < 1.29 is 4.79 Å². The minimum Gasteiger partial charge on any atom is -0.345 e. The van der Waals surface area contributed by atoms with Crippen molar-refractivity contribution in [2.45, 2.75) is 32.6 Å². The van der Waals surface area contributed by atoms with E-state index in [1.54, 1.807) is 12.4 Å². The number of carbonyl (C=O) groups is 1. The predicted molar refractivity (Wildman–Crippen MR) is 101 cm³/mol. The Bertz CT molecular complexity index is 909. The first-order valence-corrected chi connectivity index (χ1v) is 9.09. The van der Waals surface area contributed by atoms with Crippen molar-refractivity contribution in [3.05, 3.63) is 77.9 Å². The van der Waals surface area contributed by atoms with Crippen LogP contribution in [-0.2, 0) is 19.6 Å². The summed E-state index contributed by atoms with van der Waals surface area (Å²) in [6.07, 6.45) is 7.24. The second kappa shape index (κ2) is 7.67. The van der Waals surface area contributed by atoms with Gasteiger partial charge < -0.3 is 9.88 Å². The first kappa shape index (κ1) is 17.4. The van der Waals surface area contributed by atoms with E-state index >= 15 is 0 Å². The Hall–Kier alpha value is -3.06. The maximum absolute atomic E-state index is 12.5. The molecule has 0 saturated heterocycles. The third-order valence-electron chi connectivity index (χ3n) is 4.85. The van der Waals surface area contributed by atoms with E-state index in [0.717, 1.165) is 31.2 Å². The molecule has 3 aromatic rings. The fourth-order valence-corrected chi connectivity index (χ4v) is 3.35. The highest BCUT2D eigenvalue weighted by molar-refractivity contribution is 5.92. The Balaban J connectivity index is 1.43. The minimum atomic E-state index is -0.173. The molecule has 138 valence electrons.